The second-order valence-electron chi connectivity index (χ2n) is 2.24. The maximum Gasteiger partial charge on any atom is 0.365 e. The SMILES string of the molecule is O=[PH](O)Oc1cc(O)cc(O)c1OI. The normalized spacial score (nSPS) is 12.1. The molecule has 1 rings (SSSR count). The monoisotopic (exact) mass is 332 g/mol. The van der Waals surface area contributed by atoms with Gasteiger partial charge in [-0.2, -0.15) is 0 Å². The fourth-order valence-corrected chi connectivity index (χ4v) is 1.60. The van der Waals surface area contributed by atoms with Gasteiger partial charge in [-0.15, -0.1) is 0 Å². The molecule has 0 spiro atoms. The van der Waals surface area contributed by atoms with Crippen molar-refractivity contribution in [2.24, 2.45) is 0 Å². The first-order valence-corrected chi connectivity index (χ1v) is 5.44. The Morgan fingerprint density at radius 2 is 2.00 bits per heavy atom. The van der Waals surface area contributed by atoms with Crippen LogP contribution in [0.5, 0.6) is 23.0 Å². The molecule has 0 aromatic heterocycles. The number of hydrogen-bond acceptors (Lipinski definition) is 5. The van der Waals surface area contributed by atoms with Gasteiger partial charge in [0.15, 0.2) is 34.5 Å². The molecule has 78 valence electrons. The van der Waals surface area contributed by atoms with Crippen molar-refractivity contribution in [1.29, 1.82) is 0 Å². The van der Waals surface area contributed by atoms with Gasteiger partial charge in [-0.05, 0) is 0 Å². The Morgan fingerprint density at radius 3 is 2.50 bits per heavy atom. The van der Waals surface area contributed by atoms with Crippen LogP contribution in [-0.4, -0.2) is 15.1 Å². The summed E-state index contributed by atoms with van der Waals surface area (Å²) >= 11 is 1.47. The van der Waals surface area contributed by atoms with Crippen LogP contribution in [0, 0.1) is 0 Å². The quantitative estimate of drug-likeness (QED) is 0.575. The van der Waals surface area contributed by atoms with Crippen LogP contribution in [0.25, 0.3) is 0 Å². The molecule has 3 N–H and O–H groups in total. The Balaban J connectivity index is 3.17. The molecule has 0 aliphatic rings. The van der Waals surface area contributed by atoms with Crippen molar-refractivity contribution < 1.29 is 27.3 Å². The summed E-state index contributed by atoms with van der Waals surface area (Å²) in [6, 6.07) is 2.09. The summed E-state index contributed by atoms with van der Waals surface area (Å²) in [7, 11) is -3.21. The van der Waals surface area contributed by atoms with E-state index < -0.39 is 8.25 Å². The van der Waals surface area contributed by atoms with Crippen LogP contribution in [0.2, 0.25) is 0 Å². The number of phenols is 2. The third-order valence-electron chi connectivity index (χ3n) is 1.29. The molecule has 1 aromatic carbocycles. The van der Waals surface area contributed by atoms with Crippen molar-refractivity contribution in [3.05, 3.63) is 12.1 Å². The average Bonchev–Trinajstić information content (AvgIpc) is 2.01. The molecule has 1 unspecified atom stereocenters. The topological polar surface area (TPSA) is 96.2 Å². The van der Waals surface area contributed by atoms with Gasteiger partial charge in [-0.3, -0.25) is 0 Å². The van der Waals surface area contributed by atoms with E-state index in [9.17, 15) is 9.67 Å². The summed E-state index contributed by atoms with van der Waals surface area (Å²) in [5.41, 5.74) is 0. The van der Waals surface area contributed by atoms with Gasteiger partial charge in [-0.1, -0.05) is 0 Å². The number of halogens is 1. The molecule has 6 nitrogen and oxygen atoms in total. The van der Waals surface area contributed by atoms with E-state index in [4.69, 9.17) is 10.00 Å². The standard InChI is InChI=1S/C6H6IO6P/c7-12-6-4(9)1-3(8)2-5(6)13-14(10)11/h1-2,8-9,14H,(H,10,11). The van der Waals surface area contributed by atoms with Gasteiger partial charge in [0, 0.05) is 12.1 Å². The lowest BCUT2D eigenvalue weighted by atomic mass is 10.3. The van der Waals surface area contributed by atoms with E-state index in [2.05, 4.69) is 7.59 Å². The van der Waals surface area contributed by atoms with E-state index in [1.54, 1.807) is 0 Å². The molecule has 0 aliphatic carbocycles. The molecule has 0 saturated heterocycles. The van der Waals surface area contributed by atoms with E-state index >= 15 is 0 Å². The summed E-state index contributed by atoms with van der Waals surface area (Å²) in [5.74, 6) is -0.977. The first-order valence-electron chi connectivity index (χ1n) is 3.30. The minimum Gasteiger partial charge on any atom is -0.508 e. The number of benzene rings is 1. The van der Waals surface area contributed by atoms with Crippen LogP contribution in [0.1, 0.15) is 0 Å². The predicted molar refractivity (Wildman–Crippen MR) is 56.3 cm³/mol. The predicted octanol–water partition coefficient (Wildman–Crippen LogP) is 1.59. The van der Waals surface area contributed by atoms with E-state index in [1.165, 1.54) is 23.0 Å². The molecule has 0 bridgehead atoms. The van der Waals surface area contributed by atoms with E-state index in [0.717, 1.165) is 12.1 Å². The fraction of sp³-hybridized carbons (Fsp3) is 0. The molecule has 0 fully saturated rings. The molecule has 1 aromatic rings. The van der Waals surface area contributed by atoms with E-state index in [0.29, 0.717) is 0 Å². The minimum atomic E-state index is -3.21. The number of phenolic OH excluding ortho intramolecular Hbond substituents is 2. The highest BCUT2D eigenvalue weighted by Crippen LogP contribution is 2.43. The zero-order valence-corrected chi connectivity index (χ0v) is 9.76. The van der Waals surface area contributed by atoms with Crippen LogP contribution in [0.4, 0.5) is 0 Å². The summed E-state index contributed by atoms with van der Waals surface area (Å²) in [6.45, 7) is 0. The Kier molecular flexibility index (Phi) is 3.85. The first-order chi connectivity index (χ1) is 6.54. The Bertz CT molecular complexity index is 368. The molecule has 0 aliphatic heterocycles. The highest BCUT2D eigenvalue weighted by Gasteiger charge is 2.14. The van der Waals surface area contributed by atoms with Crippen molar-refractivity contribution in [3.63, 3.8) is 0 Å². The molecular weight excluding hydrogens is 326 g/mol. The molecule has 0 radical (unpaired) electrons. The van der Waals surface area contributed by atoms with Crippen LogP contribution < -0.4 is 7.59 Å². The van der Waals surface area contributed by atoms with Crippen molar-refractivity contribution >= 4 is 31.3 Å². The van der Waals surface area contributed by atoms with Crippen LogP contribution in [-0.2, 0) is 4.57 Å². The molecule has 1 atom stereocenters. The van der Waals surface area contributed by atoms with Gasteiger partial charge in [0.1, 0.15) is 5.75 Å². The van der Waals surface area contributed by atoms with Gasteiger partial charge in [0.25, 0.3) is 0 Å². The molecule has 14 heavy (non-hydrogen) atoms. The van der Waals surface area contributed by atoms with Crippen molar-refractivity contribution in [3.8, 4) is 23.0 Å². The Labute approximate surface area is 93.7 Å². The second kappa shape index (κ2) is 4.72. The lowest BCUT2D eigenvalue weighted by Crippen LogP contribution is -1.85. The number of aromatic hydroxyl groups is 2. The fourth-order valence-electron chi connectivity index (χ4n) is 0.821. The number of hydrogen-bond donors (Lipinski definition) is 3. The highest BCUT2D eigenvalue weighted by molar-refractivity contribution is 14.1. The molecule has 8 heteroatoms. The molecule has 0 amide bonds. The maximum atomic E-state index is 10.4. The zero-order chi connectivity index (χ0) is 10.7. The van der Waals surface area contributed by atoms with E-state index in [1.807, 2.05) is 0 Å². The van der Waals surface area contributed by atoms with E-state index in [-0.39, 0.29) is 23.0 Å². The summed E-state index contributed by atoms with van der Waals surface area (Å²) < 4.78 is 19.5. The van der Waals surface area contributed by atoms with Crippen LogP contribution >= 0.6 is 31.3 Å². The Hall–Kier alpha value is -0.660. The van der Waals surface area contributed by atoms with Gasteiger partial charge < -0.3 is 22.7 Å². The molecule has 0 heterocycles. The summed E-state index contributed by atoms with van der Waals surface area (Å²) in [4.78, 5) is 8.51. The largest absolute Gasteiger partial charge is 0.508 e. The van der Waals surface area contributed by atoms with Crippen LogP contribution in [0.3, 0.4) is 0 Å². The summed E-state index contributed by atoms with van der Waals surface area (Å²) in [5, 5.41) is 18.3. The van der Waals surface area contributed by atoms with Gasteiger partial charge in [0.2, 0.25) is 5.75 Å². The number of rotatable bonds is 3. The van der Waals surface area contributed by atoms with Crippen molar-refractivity contribution in [1.82, 2.24) is 0 Å². The molecule has 0 saturated carbocycles. The van der Waals surface area contributed by atoms with Crippen molar-refractivity contribution in [2.75, 3.05) is 0 Å². The Morgan fingerprint density at radius 1 is 1.36 bits per heavy atom. The minimum absolute atomic E-state index is 0.115. The second-order valence-corrected chi connectivity index (χ2v) is 3.41. The molecular formula is C6H6IO6P. The van der Waals surface area contributed by atoms with Crippen molar-refractivity contribution in [2.45, 2.75) is 0 Å². The summed E-state index contributed by atoms with van der Waals surface area (Å²) in [6.07, 6.45) is 0. The third kappa shape index (κ3) is 2.66. The van der Waals surface area contributed by atoms with Gasteiger partial charge in [0.05, 0.1) is 0 Å². The highest BCUT2D eigenvalue weighted by atomic mass is 127. The third-order valence-corrected chi connectivity index (χ3v) is 2.13. The van der Waals surface area contributed by atoms with Crippen LogP contribution in [0.15, 0.2) is 12.1 Å². The zero-order valence-electron chi connectivity index (χ0n) is 6.60. The lowest BCUT2D eigenvalue weighted by Gasteiger charge is -2.08. The maximum absolute atomic E-state index is 10.4. The van der Waals surface area contributed by atoms with Gasteiger partial charge in [-0.25, -0.2) is 4.57 Å². The van der Waals surface area contributed by atoms with Gasteiger partial charge >= 0.3 is 8.25 Å². The smallest absolute Gasteiger partial charge is 0.365 e. The lowest BCUT2D eigenvalue weighted by molar-refractivity contribution is 0.394. The first kappa shape index (κ1) is 11.4. The average molecular weight is 332 g/mol.